The maximum atomic E-state index is 12.5. The van der Waals surface area contributed by atoms with E-state index in [2.05, 4.69) is 84.9 Å². The van der Waals surface area contributed by atoms with Crippen molar-refractivity contribution in [2.24, 2.45) is 0 Å². The Morgan fingerprint density at radius 2 is 1.62 bits per heavy atom. The van der Waals surface area contributed by atoms with Crippen molar-refractivity contribution in [3.8, 4) is 0 Å². The molecule has 0 spiro atoms. The highest BCUT2D eigenvalue weighted by Gasteiger charge is 2.28. The maximum Gasteiger partial charge on any atom is 0.409 e. The first kappa shape index (κ1) is 33.3. The summed E-state index contributed by atoms with van der Waals surface area (Å²) in [5, 5.41) is 4.67. The summed E-state index contributed by atoms with van der Waals surface area (Å²) in [6.45, 7) is 20.5. The van der Waals surface area contributed by atoms with Crippen molar-refractivity contribution < 1.29 is 19.0 Å². The lowest BCUT2D eigenvalue weighted by molar-refractivity contribution is 0.0910. The Kier molecular flexibility index (Phi) is 12.7. The van der Waals surface area contributed by atoms with Crippen LogP contribution >= 0.6 is 22.6 Å². The molecule has 0 unspecified atom stereocenters. The number of hydrogen-bond donors (Lipinski definition) is 0. The monoisotopic (exact) mass is 703 g/mol. The fraction of sp³-hybridized carbons (Fsp3) is 0.750. The summed E-state index contributed by atoms with van der Waals surface area (Å²) in [5.74, 6) is 1.20. The van der Waals surface area contributed by atoms with Crippen LogP contribution in [0.5, 0.6) is 0 Å². The molecular formula is C28H50IN5O4Si2. The normalized spacial score (nSPS) is 15.2. The second-order valence-corrected chi connectivity index (χ2v) is 25.6. The number of nitrogens with zero attached hydrogens (tertiary/aromatic N) is 5. The SMILES string of the molecule is CCCCOC(=O)N1CCC(c2cc(N(COCC[Si](C)(C)C)COCC[Si](C)(C)C)n3ncc(I)c3n2)CC1. The van der Waals surface area contributed by atoms with Crippen LogP contribution < -0.4 is 4.90 Å². The molecule has 226 valence electrons. The smallest absolute Gasteiger partial charge is 0.409 e. The lowest BCUT2D eigenvalue weighted by Gasteiger charge is -2.32. The van der Waals surface area contributed by atoms with Gasteiger partial charge in [-0.25, -0.2) is 9.78 Å². The molecule has 3 rings (SSSR count). The van der Waals surface area contributed by atoms with Gasteiger partial charge in [-0.05, 0) is 53.9 Å². The second-order valence-electron chi connectivity index (χ2n) is 13.2. The average Bonchev–Trinajstić information content (AvgIpc) is 3.27. The van der Waals surface area contributed by atoms with E-state index >= 15 is 0 Å². The van der Waals surface area contributed by atoms with Crippen LogP contribution in [-0.4, -0.2) is 88.1 Å². The highest BCUT2D eigenvalue weighted by Crippen LogP contribution is 2.31. The van der Waals surface area contributed by atoms with Gasteiger partial charge in [0.1, 0.15) is 19.3 Å². The number of unbranched alkanes of at least 4 members (excludes halogenated alkanes) is 1. The van der Waals surface area contributed by atoms with Crippen LogP contribution in [-0.2, 0) is 14.2 Å². The zero-order chi connectivity index (χ0) is 29.3. The fourth-order valence-electron chi connectivity index (χ4n) is 4.40. The number of hydrogen-bond acceptors (Lipinski definition) is 7. The number of carbonyl (C=O) groups is 1. The zero-order valence-electron chi connectivity index (χ0n) is 25.7. The Hall–Kier alpha value is -1.23. The van der Waals surface area contributed by atoms with E-state index in [-0.39, 0.29) is 12.0 Å². The molecule has 0 atom stereocenters. The fourth-order valence-corrected chi connectivity index (χ4v) is 6.39. The molecule has 0 radical (unpaired) electrons. The largest absolute Gasteiger partial charge is 0.449 e. The van der Waals surface area contributed by atoms with E-state index < -0.39 is 16.1 Å². The summed E-state index contributed by atoms with van der Waals surface area (Å²) in [4.78, 5) is 21.5. The van der Waals surface area contributed by atoms with Crippen LogP contribution in [0.2, 0.25) is 51.4 Å². The van der Waals surface area contributed by atoms with Gasteiger partial charge in [-0.1, -0.05) is 52.6 Å². The Morgan fingerprint density at radius 1 is 1.02 bits per heavy atom. The Bertz CT molecular complexity index is 1060. The van der Waals surface area contributed by atoms with Gasteiger partial charge >= 0.3 is 6.09 Å². The van der Waals surface area contributed by atoms with E-state index in [0.717, 1.165) is 71.7 Å². The standard InChI is InChI=1S/C28H50IN5O4Si2/c1-8-9-14-38-28(35)32-12-10-23(11-13-32)25-19-26(34-27(31-25)24(29)20-30-34)33(21-36-15-17-39(2,3)4)22-37-16-18-40(5,6)7/h19-20,23H,8-18,21-22H2,1-7H3. The van der Waals surface area contributed by atoms with Gasteiger partial charge < -0.3 is 24.0 Å². The number of halogens is 1. The van der Waals surface area contributed by atoms with Gasteiger partial charge in [-0.15, -0.1) is 0 Å². The van der Waals surface area contributed by atoms with E-state index in [0.29, 0.717) is 33.2 Å². The van der Waals surface area contributed by atoms with E-state index in [1.807, 2.05) is 15.6 Å². The number of aromatic nitrogens is 3. The first-order chi connectivity index (χ1) is 18.9. The van der Waals surface area contributed by atoms with E-state index in [1.165, 1.54) is 0 Å². The van der Waals surface area contributed by atoms with Crippen molar-refractivity contribution in [3.05, 3.63) is 21.5 Å². The molecule has 1 aliphatic heterocycles. The van der Waals surface area contributed by atoms with Gasteiger partial charge in [-0.3, -0.25) is 0 Å². The lowest BCUT2D eigenvalue weighted by atomic mass is 9.93. The Morgan fingerprint density at radius 3 is 2.17 bits per heavy atom. The molecule has 0 aromatic carbocycles. The number of piperidine rings is 1. The molecule has 1 amide bonds. The summed E-state index contributed by atoms with van der Waals surface area (Å²) in [5.41, 5.74) is 1.89. The summed E-state index contributed by atoms with van der Waals surface area (Å²) >= 11 is 2.31. The van der Waals surface area contributed by atoms with E-state index in [4.69, 9.17) is 19.2 Å². The molecule has 9 nitrogen and oxygen atoms in total. The highest BCUT2D eigenvalue weighted by molar-refractivity contribution is 14.1. The van der Waals surface area contributed by atoms with Gasteiger partial charge in [0.05, 0.1) is 16.4 Å². The molecule has 2 aromatic heterocycles. The topological polar surface area (TPSA) is 81.4 Å². The molecule has 2 aromatic rings. The van der Waals surface area contributed by atoms with Gasteiger partial charge in [0.15, 0.2) is 5.65 Å². The number of amides is 1. The molecule has 3 heterocycles. The summed E-state index contributed by atoms with van der Waals surface area (Å²) in [7, 11) is -2.38. The van der Waals surface area contributed by atoms with Gasteiger partial charge in [-0.2, -0.15) is 9.61 Å². The number of ether oxygens (including phenoxy) is 3. The first-order valence-corrected chi connectivity index (χ1v) is 23.2. The highest BCUT2D eigenvalue weighted by atomic mass is 127. The van der Waals surface area contributed by atoms with Crippen LogP contribution in [0.4, 0.5) is 10.6 Å². The molecular weight excluding hydrogens is 653 g/mol. The van der Waals surface area contributed by atoms with Crippen molar-refractivity contribution in [1.29, 1.82) is 0 Å². The van der Waals surface area contributed by atoms with Crippen molar-refractivity contribution in [3.63, 3.8) is 0 Å². The minimum atomic E-state index is -1.19. The molecule has 0 saturated carbocycles. The number of rotatable bonds is 15. The van der Waals surface area contributed by atoms with E-state index in [9.17, 15) is 4.79 Å². The zero-order valence-corrected chi connectivity index (χ0v) is 29.8. The van der Waals surface area contributed by atoms with Crippen molar-refractivity contribution >= 4 is 56.3 Å². The molecule has 1 saturated heterocycles. The molecule has 0 bridgehead atoms. The van der Waals surface area contributed by atoms with Gasteiger partial charge in [0.25, 0.3) is 0 Å². The number of anilines is 1. The summed E-state index contributed by atoms with van der Waals surface area (Å²) < 4.78 is 20.8. The molecule has 40 heavy (non-hydrogen) atoms. The maximum absolute atomic E-state index is 12.5. The van der Waals surface area contributed by atoms with Crippen LogP contribution in [0, 0.1) is 3.57 Å². The third-order valence-electron chi connectivity index (χ3n) is 7.14. The quantitative estimate of drug-likeness (QED) is 0.0866. The second kappa shape index (κ2) is 15.3. The van der Waals surface area contributed by atoms with Crippen LogP contribution in [0.3, 0.4) is 0 Å². The molecule has 12 heteroatoms. The van der Waals surface area contributed by atoms with Crippen molar-refractivity contribution in [2.45, 2.75) is 89.9 Å². The van der Waals surface area contributed by atoms with E-state index in [1.54, 1.807) is 0 Å². The number of carbonyl (C=O) groups excluding carboxylic acids is 1. The predicted molar refractivity (Wildman–Crippen MR) is 176 cm³/mol. The van der Waals surface area contributed by atoms with Crippen LogP contribution in [0.15, 0.2) is 12.3 Å². The number of likely N-dealkylation sites (tertiary alicyclic amines) is 1. The lowest BCUT2D eigenvalue weighted by Crippen LogP contribution is -2.38. The van der Waals surface area contributed by atoms with Crippen LogP contribution in [0.1, 0.15) is 44.2 Å². The minimum Gasteiger partial charge on any atom is -0.449 e. The Balaban J connectivity index is 1.78. The predicted octanol–water partition coefficient (Wildman–Crippen LogP) is 6.88. The summed E-state index contributed by atoms with van der Waals surface area (Å²) in [6.07, 6.45) is 5.30. The number of fused-ring (bicyclic) bond motifs is 1. The van der Waals surface area contributed by atoms with Gasteiger partial charge in [0.2, 0.25) is 0 Å². The minimum absolute atomic E-state index is 0.196. The van der Waals surface area contributed by atoms with Crippen molar-refractivity contribution in [1.82, 2.24) is 19.5 Å². The molecule has 1 fully saturated rings. The third kappa shape index (κ3) is 10.6. The molecule has 0 N–H and O–H groups in total. The molecule has 1 aliphatic rings. The van der Waals surface area contributed by atoms with Gasteiger partial charge in [0, 0.05) is 60.1 Å². The molecule has 0 aliphatic carbocycles. The Labute approximate surface area is 256 Å². The van der Waals surface area contributed by atoms with Crippen LogP contribution in [0.25, 0.3) is 5.65 Å². The average molecular weight is 704 g/mol. The first-order valence-electron chi connectivity index (χ1n) is 14.7. The third-order valence-corrected chi connectivity index (χ3v) is 11.3. The van der Waals surface area contributed by atoms with Crippen molar-refractivity contribution in [2.75, 3.05) is 51.3 Å². The summed E-state index contributed by atoms with van der Waals surface area (Å²) in [6, 6.07) is 4.39.